The number of carbonyl (C=O) groups excluding carboxylic acids is 1. The van der Waals surface area contributed by atoms with Crippen LogP contribution in [0.5, 0.6) is 0 Å². The second-order valence-corrected chi connectivity index (χ2v) is 5.05. The molecule has 1 aliphatic heterocycles. The molecule has 2 rings (SSSR count). The maximum atomic E-state index is 12.3. The molecule has 1 fully saturated rings. The molecule has 0 radical (unpaired) electrons. The summed E-state index contributed by atoms with van der Waals surface area (Å²) < 4.78 is 0. The Kier molecular flexibility index (Phi) is 4.65. The van der Waals surface area contributed by atoms with E-state index in [1.54, 1.807) is 4.90 Å². The fraction of sp³-hybridized carbons (Fsp3) is 0.385. The van der Waals surface area contributed by atoms with Gasteiger partial charge in [0.05, 0.1) is 6.54 Å². The topological polar surface area (TPSA) is 36.4 Å². The number of rotatable bonds is 2. The normalized spacial score (nSPS) is 16.2. The fourth-order valence-electron chi connectivity index (χ4n) is 2.01. The lowest BCUT2D eigenvalue weighted by Gasteiger charge is -2.33. The standard InChI is InChI=1S/C13H13Cl2N3O/c1-2-3-17-4-6-18(7-5-17)13(19)10-8-11(14)16-12(15)9-10/h1,8-9H,3-7H2. The third kappa shape index (κ3) is 3.60. The Labute approximate surface area is 122 Å². The van der Waals surface area contributed by atoms with Crippen LogP contribution in [0.2, 0.25) is 10.3 Å². The van der Waals surface area contributed by atoms with Crippen molar-refractivity contribution in [3.05, 3.63) is 28.0 Å². The van der Waals surface area contributed by atoms with Crippen molar-refractivity contribution in [3.8, 4) is 12.3 Å². The van der Waals surface area contributed by atoms with Gasteiger partial charge in [-0.1, -0.05) is 29.1 Å². The third-order valence-electron chi connectivity index (χ3n) is 2.98. The van der Waals surface area contributed by atoms with Crippen molar-refractivity contribution >= 4 is 29.1 Å². The minimum atomic E-state index is -0.0773. The van der Waals surface area contributed by atoms with Crippen molar-refractivity contribution in [2.24, 2.45) is 0 Å². The van der Waals surface area contributed by atoms with Crippen LogP contribution in [0.15, 0.2) is 12.1 Å². The Morgan fingerprint density at radius 3 is 2.37 bits per heavy atom. The van der Waals surface area contributed by atoms with Crippen molar-refractivity contribution in [2.75, 3.05) is 32.7 Å². The van der Waals surface area contributed by atoms with Gasteiger partial charge in [-0.25, -0.2) is 4.98 Å². The number of nitrogens with zero attached hydrogens (tertiary/aromatic N) is 3. The summed E-state index contributed by atoms with van der Waals surface area (Å²) in [6.07, 6.45) is 5.27. The minimum Gasteiger partial charge on any atom is -0.336 e. The van der Waals surface area contributed by atoms with Gasteiger partial charge in [-0.05, 0) is 12.1 Å². The zero-order valence-corrected chi connectivity index (χ0v) is 11.8. The van der Waals surface area contributed by atoms with E-state index in [2.05, 4.69) is 15.8 Å². The van der Waals surface area contributed by atoms with Crippen LogP contribution in [-0.2, 0) is 0 Å². The zero-order chi connectivity index (χ0) is 13.8. The van der Waals surface area contributed by atoms with Crippen LogP contribution < -0.4 is 0 Å². The van der Waals surface area contributed by atoms with Crippen LogP contribution in [0.25, 0.3) is 0 Å². The highest BCUT2D eigenvalue weighted by atomic mass is 35.5. The summed E-state index contributed by atoms with van der Waals surface area (Å²) in [5.74, 6) is 2.53. The van der Waals surface area contributed by atoms with Gasteiger partial charge in [0.25, 0.3) is 5.91 Å². The van der Waals surface area contributed by atoms with E-state index in [1.165, 1.54) is 12.1 Å². The first-order valence-corrected chi connectivity index (χ1v) is 6.64. The van der Waals surface area contributed by atoms with Gasteiger partial charge in [-0.2, -0.15) is 0 Å². The Morgan fingerprint density at radius 2 is 1.84 bits per heavy atom. The van der Waals surface area contributed by atoms with E-state index in [0.717, 1.165) is 13.1 Å². The molecule has 0 unspecified atom stereocenters. The van der Waals surface area contributed by atoms with Gasteiger partial charge in [0, 0.05) is 31.7 Å². The molecule has 19 heavy (non-hydrogen) atoms. The van der Waals surface area contributed by atoms with Gasteiger partial charge < -0.3 is 4.90 Å². The zero-order valence-electron chi connectivity index (χ0n) is 10.3. The van der Waals surface area contributed by atoms with Crippen LogP contribution in [0.1, 0.15) is 10.4 Å². The van der Waals surface area contributed by atoms with Crippen LogP contribution in [0, 0.1) is 12.3 Å². The van der Waals surface area contributed by atoms with Crippen molar-refractivity contribution in [1.82, 2.24) is 14.8 Å². The summed E-state index contributed by atoms with van der Waals surface area (Å²) in [6, 6.07) is 3.06. The van der Waals surface area contributed by atoms with Crippen molar-refractivity contribution in [2.45, 2.75) is 0 Å². The SMILES string of the molecule is C#CCN1CCN(C(=O)c2cc(Cl)nc(Cl)c2)CC1. The monoisotopic (exact) mass is 297 g/mol. The van der Waals surface area contributed by atoms with Crippen LogP contribution >= 0.6 is 23.2 Å². The molecule has 1 saturated heterocycles. The predicted octanol–water partition coefficient (Wildman–Crippen LogP) is 1.78. The molecule has 0 aliphatic carbocycles. The summed E-state index contributed by atoms with van der Waals surface area (Å²) in [4.78, 5) is 20.0. The summed E-state index contributed by atoms with van der Waals surface area (Å²) in [7, 11) is 0. The molecule has 1 aromatic rings. The molecule has 6 heteroatoms. The summed E-state index contributed by atoms with van der Waals surface area (Å²) in [5, 5.41) is 0.448. The number of pyridine rings is 1. The van der Waals surface area contributed by atoms with Crippen LogP contribution in [0.3, 0.4) is 0 Å². The quantitative estimate of drug-likeness (QED) is 0.617. The first-order chi connectivity index (χ1) is 9.10. The lowest BCUT2D eigenvalue weighted by Crippen LogP contribution is -2.48. The van der Waals surface area contributed by atoms with E-state index in [1.807, 2.05) is 0 Å². The average molecular weight is 298 g/mol. The minimum absolute atomic E-state index is 0.0773. The summed E-state index contributed by atoms with van der Waals surface area (Å²) in [6.45, 7) is 3.48. The Bertz CT molecular complexity index is 499. The predicted molar refractivity (Wildman–Crippen MR) is 75.4 cm³/mol. The molecule has 1 aromatic heterocycles. The van der Waals surface area contributed by atoms with Crippen molar-refractivity contribution < 1.29 is 4.79 Å². The van der Waals surface area contributed by atoms with E-state index in [0.29, 0.717) is 25.2 Å². The molecule has 0 N–H and O–H groups in total. The van der Waals surface area contributed by atoms with Gasteiger partial charge in [-0.15, -0.1) is 6.42 Å². The smallest absolute Gasteiger partial charge is 0.254 e. The second kappa shape index (κ2) is 6.25. The third-order valence-corrected chi connectivity index (χ3v) is 3.37. The molecule has 2 heterocycles. The van der Waals surface area contributed by atoms with E-state index < -0.39 is 0 Å². The Morgan fingerprint density at radius 1 is 1.26 bits per heavy atom. The van der Waals surface area contributed by atoms with Gasteiger partial charge in [0.15, 0.2) is 0 Å². The Hall–Kier alpha value is -1.28. The molecule has 1 amide bonds. The average Bonchev–Trinajstić information content (AvgIpc) is 2.38. The molecule has 100 valence electrons. The first kappa shape index (κ1) is 14.1. The summed E-state index contributed by atoms with van der Waals surface area (Å²) >= 11 is 11.6. The number of hydrogen-bond donors (Lipinski definition) is 0. The fourth-order valence-corrected chi connectivity index (χ4v) is 2.47. The Balaban J connectivity index is 2.03. The number of halogens is 2. The van der Waals surface area contributed by atoms with E-state index in [9.17, 15) is 4.79 Å². The number of amides is 1. The molecule has 4 nitrogen and oxygen atoms in total. The van der Waals surface area contributed by atoms with Crippen molar-refractivity contribution in [1.29, 1.82) is 0 Å². The van der Waals surface area contributed by atoms with E-state index in [4.69, 9.17) is 29.6 Å². The summed E-state index contributed by atoms with van der Waals surface area (Å²) in [5.41, 5.74) is 0.468. The number of terminal acetylenes is 1. The van der Waals surface area contributed by atoms with Crippen molar-refractivity contribution in [3.63, 3.8) is 0 Å². The van der Waals surface area contributed by atoms with E-state index >= 15 is 0 Å². The highest BCUT2D eigenvalue weighted by molar-refractivity contribution is 6.33. The molecule has 0 aromatic carbocycles. The first-order valence-electron chi connectivity index (χ1n) is 5.88. The maximum absolute atomic E-state index is 12.3. The maximum Gasteiger partial charge on any atom is 0.254 e. The van der Waals surface area contributed by atoms with Crippen LogP contribution in [-0.4, -0.2) is 53.4 Å². The highest BCUT2D eigenvalue weighted by Crippen LogP contribution is 2.17. The van der Waals surface area contributed by atoms with Crippen LogP contribution in [0.4, 0.5) is 0 Å². The van der Waals surface area contributed by atoms with E-state index in [-0.39, 0.29) is 16.2 Å². The van der Waals surface area contributed by atoms with Gasteiger partial charge in [0.1, 0.15) is 10.3 Å². The largest absolute Gasteiger partial charge is 0.336 e. The van der Waals surface area contributed by atoms with Gasteiger partial charge in [-0.3, -0.25) is 9.69 Å². The molecule has 0 saturated carbocycles. The number of carbonyl (C=O) groups is 1. The molecular weight excluding hydrogens is 285 g/mol. The van der Waals surface area contributed by atoms with Gasteiger partial charge in [0.2, 0.25) is 0 Å². The molecular formula is C13H13Cl2N3O. The lowest BCUT2D eigenvalue weighted by atomic mass is 10.2. The molecule has 0 atom stereocenters. The van der Waals surface area contributed by atoms with Gasteiger partial charge >= 0.3 is 0 Å². The molecule has 1 aliphatic rings. The molecule has 0 bridgehead atoms. The molecule has 0 spiro atoms. The second-order valence-electron chi connectivity index (χ2n) is 4.27. The highest BCUT2D eigenvalue weighted by Gasteiger charge is 2.22. The number of piperazine rings is 1. The number of aromatic nitrogens is 1. The lowest BCUT2D eigenvalue weighted by molar-refractivity contribution is 0.0652. The number of hydrogen-bond acceptors (Lipinski definition) is 3.